The van der Waals surface area contributed by atoms with Gasteiger partial charge in [0.15, 0.2) is 15.7 Å². The van der Waals surface area contributed by atoms with Gasteiger partial charge in [0.1, 0.15) is 11.5 Å². The summed E-state index contributed by atoms with van der Waals surface area (Å²) in [4.78, 5) is 11.9. The summed E-state index contributed by atoms with van der Waals surface area (Å²) >= 11 is 0. The number of benzene rings is 1. The third-order valence-electron chi connectivity index (χ3n) is 2.89. The van der Waals surface area contributed by atoms with Crippen molar-refractivity contribution in [3.63, 3.8) is 0 Å². The van der Waals surface area contributed by atoms with Crippen LogP contribution in [0.4, 0.5) is 5.82 Å². The van der Waals surface area contributed by atoms with Crippen LogP contribution in [0.5, 0.6) is 0 Å². The Bertz CT molecular complexity index is 900. The summed E-state index contributed by atoms with van der Waals surface area (Å²) in [5.74, 6) is 0.956. The summed E-state index contributed by atoms with van der Waals surface area (Å²) in [7, 11) is -3.24. The molecule has 0 aliphatic rings. The van der Waals surface area contributed by atoms with Crippen molar-refractivity contribution in [1.82, 2.24) is 15.0 Å². The number of rotatable bonds is 2. The Labute approximate surface area is 115 Å². The molecule has 0 amide bonds. The van der Waals surface area contributed by atoms with Gasteiger partial charge in [0.25, 0.3) is 0 Å². The average Bonchev–Trinajstić information content (AvgIpc) is 2.80. The zero-order valence-electron chi connectivity index (χ0n) is 10.7. The van der Waals surface area contributed by atoms with E-state index >= 15 is 0 Å². The molecule has 0 spiro atoms. The zero-order valence-corrected chi connectivity index (χ0v) is 11.5. The lowest BCUT2D eigenvalue weighted by atomic mass is 10.3. The Hall–Kier alpha value is -2.41. The number of H-pyrrole nitrogens is 1. The van der Waals surface area contributed by atoms with E-state index < -0.39 is 9.84 Å². The van der Waals surface area contributed by atoms with Crippen molar-refractivity contribution in [2.45, 2.75) is 4.90 Å². The standard InChI is InChI=1S/C13H12N4O2S/c1-20(18,19)8-5-6-9-11(7-8)17-13(16-9)10-3-2-4-12(14)15-10/h2-7H,1H3,(H2,14,15)(H,16,17). The molecule has 20 heavy (non-hydrogen) atoms. The molecule has 0 saturated carbocycles. The molecule has 2 heterocycles. The van der Waals surface area contributed by atoms with Crippen LogP contribution in [-0.4, -0.2) is 29.6 Å². The predicted molar refractivity (Wildman–Crippen MR) is 76.8 cm³/mol. The van der Waals surface area contributed by atoms with Gasteiger partial charge in [0, 0.05) is 6.26 Å². The van der Waals surface area contributed by atoms with Gasteiger partial charge >= 0.3 is 0 Å². The monoisotopic (exact) mass is 288 g/mol. The van der Waals surface area contributed by atoms with Crippen LogP contribution in [0.25, 0.3) is 22.6 Å². The van der Waals surface area contributed by atoms with Gasteiger partial charge in [0.2, 0.25) is 0 Å². The largest absolute Gasteiger partial charge is 0.384 e. The molecule has 7 heteroatoms. The quantitative estimate of drug-likeness (QED) is 0.746. The van der Waals surface area contributed by atoms with Crippen molar-refractivity contribution in [2.24, 2.45) is 0 Å². The highest BCUT2D eigenvalue weighted by Gasteiger charge is 2.11. The van der Waals surface area contributed by atoms with Crippen LogP contribution in [0.15, 0.2) is 41.3 Å². The van der Waals surface area contributed by atoms with Crippen LogP contribution < -0.4 is 5.73 Å². The highest BCUT2D eigenvalue weighted by molar-refractivity contribution is 7.90. The van der Waals surface area contributed by atoms with Crippen molar-refractivity contribution in [3.05, 3.63) is 36.4 Å². The van der Waals surface area contributed by atoms with Gasteiger partial charge in [-0.2, -0.15) is 0 Å². The summed E-state index contributed by atoms with van der Waals surface area (Å²) in [6.45, 7) is 0. The molecule has 0 unspecified atom stereocenters. The van der Waals surface area contributed by atoms with E-state index in [4.69, 9.17) is 5.73 Å². The molecule has 6 nitrogen and oxygen atoms in total. The smallest absolute Gasteiger partial charge is 0.175 e. The van der Waals surface area contributed by atoms with Gasteiger partial charge in [-0.1, -0.05) is 6.07 Å². The number of nitrogens with zero attached hydrogens (tertiary/aromatic N) is 2. The first-order valence-corrected chi connectivity index (χ1v) is 7.75. The fourth-order valence-electron chi connectivity index (χ4n) is 1.92. The molecule has 3 aromatic rings. The van der Waals surface area contributed by atoms with Crippen LogP contribution in [0.2, 0.25) is 0 Å². The van der Waals surface area contributed by atoms with E-state index in [-0.39, 0.29) is 4.90 Å². The third-order valence-corrected chi connectivity index (χ3v) is 4.00. The van der Waals surface area contributed by atoms with Crippen molar-refractivity contribution in [2.75, 3.05) is 12.0 Å². The Kier molecular flexibility index (Phi) is 2.72. The number of aromatic nitrogens is 3. The van der Waals surface area contributed by atoms with E-state index in [0.29, 0.717) is 28.4 Å². The molecule has 0 saturated heterocycles. The van der Waals surface area contributed by atoms with Crippen LogP contribution >= 0.6 is 0 Å². The molecule has 1 aromatic carbocycles. The molecule has 102 valence electrons. The minimum atomic E-state index is -3.24. The van der Waals surface area contributed by atoms with Crippen molar-refractivity contribution < 1.29 is 8.42 Å². The normalized spacial score (nSPS) is 11.8. The van der Waals surface area contributed by atoms with E-state index in [9.17, 15) is 8.42 Å². The van der Waals surface area contributed by atoms with Crippen molar-refractivity contribution in [1.29, 1.82) is 0 Å². The number of aromatic amines is 1. The lowest BCUT2D eigenvalue weighted by molar-refractivity contribution is 0.602. The Balaban J connectivity index is 2.16. The van der Waals surface area contributed by atoms with Crippen molar-refractivity contribution in [3.8, 4) is 11.5 Å². The lowest BCUT2D eigenvalue weighted by Crippen LogP contribution is -1.96. The molecular weight excluding hydrogens is 276 g/mol. The molecule has 0 aliphatic heterocycles. The van der Waals surface area contributed by atoms with Gasteiger partial charge < -0.3 is 10.7 Å². The number of nitrogens with two attached hydrogens (primary N) is 1. The minimum Gasteiger partial charge on any atom is -0.384 e. The number of nitrogens with one attached hydrogen (secondary N) is 1. The Morgan fingerprint density at radius 3 is 2.65 bits per heavy atom. The molecule has 3 rings (SSSR count). The predicted octanol–water partition coefficient (Wildman–Crippen LogP) is 1.61. The summed E-state index contributed by atoms with van der Waals surface area (Å²) in [6.07, 6.45) is 1.17. The molecule has 0 fully saturated rings. The van der Waals surface area contributed by atoms with Crippen LogP contribution in [0.1, 0.15) is 0 Å². The first-order chi connectivity index (χ1) is 9.43. The molecule has 0 atom stereocenters. The number of pyridine rings is 1. The molecule has 0 bridgehead atoms. The molecule has 0 aliphatic carbocycles. The number of anilines is 1. The molecular formula is C13H12N4O2S. The van der Waals surface area contributed by atoms with Gasteiger partial charge in [-0.25, -0.2) is 18.4 Å². The fraction of sp³-hybridized carbons (Fsp3) is 0.0769. The van der Waals surface area contributed by atoms with Gasteiger partial charge in [0.05, 0.1) is 15.9 Å². The second kappa shape index (κ2) is 4.31. The van der Waals surface area contributed by atoms with Crippen LogP contribution in [0.3, 0.4) is 0 Å². The van der Waals surface area contributed by atoms with Gasteiger partial charge in [-0.15, -0.1) is 0 Å². The first-order valence-electron chi connectivity index (χ1n) is 5.86. The number of fused-ring (bicyclic) bond motifs is 1. The van der Waals surface area contributed by atoms with Crippen LogP contribution in [0, 0.1) is 0 Å². The number of nitrogen functional groups attached to an aromatic ring is 1. The average molecular weight is 288 g/mol. The number of hydrogen-bond acceptors (Lipinski definition) is 5. The third kappa shape index (κ3) is 2.23. The van der Waals surface area contributed by atoms with E-state index in [0.717, 1.165) is 0 Å². The summed E-state index contributed by atoms with van der Waals surface area (Å²) in [5.41, 5.74) is 7.58. The maximum Gasteiger partial charge on any atom is 0.175 e. The number of sulfone groups is 1. The maximum absolute atomic E-state index is 11.5. The molecule has 3 N–H and O–H groups in total. The topological polar surface area (TPSA) is 102 Å². The molecule has 2 aromatic heterocycles. The fourth-order valence-corrected chi connectivity index (χ4v) is 2.57. The number of hydrogen-bond donors (Lipinski definition) is 2. The van der Waals surface area contributed by atoms with Gasteiger partial charge in [-0.3, -0.25) is 0 Å². The minimum absolute atomic E-state index is 0.251. The Morgan fingerprint density at radius 2 is 1.95 bits per heavy atom. The summed E-state index contributed by atoms with van der Waals surface area (Å²) in [5, 5.41) is 0. The molecule has 0 radical (unpaired) electrons. The highest BCUT2D eigenvalue weighted by Crippen LogP contribution is 2.22. The lowest BCUT2D eigenvalue weighted by Gasteiger charge is -1.97. The summed E-state index contributed by atoms with van der Waals surface area (Å²) < 4.78 is 23.1. The Morgan fingerprint density at radius 1 is 1.15 bits per heavy atom. The zero-order chi connectivity index (χ0) is 14.3. The second-order valence-electron chi connectivity index (χ2n) is 4.48. The summed E-state index contributed by atoms with van der Waals surface area (Å²) in [6, 6.07) is 10.0. The highest BCUT2D eigenvalue weighted by atomic mass is 32.2. The maximum atomic E-state index is 11.5. The SMILES string of the molecule is CS(=O)(=O)c1ccc2nc(-c3cccc(N)n3)[nH]c2c1. The van der Waals surface area contributed by atoms with E-state index in [2.05, 4.69) is 15.0 Å². The van der Waals surface area contributed by atoms with Crippen LogP contribution in [-0.2, 0) is 9.84 Å². The van der Waals surface area contributed by atoms with E-state index in [1.807, 2.05) is 0 Å². The van der Waals surface area contributed by atoms with E-state index in [1.54, 1.807) is 30.3 Å². The second-order valence-corrected chi connectivity index (χ2v) is 6.50. The van der Waals surface area contributed by atoms with Gasteiger partial charge in [-0.05, 0) is 30.3 Å². The van der Waals surface area contributed by atoms with E-state index in [1.165, 1.54) is 12.3 Å². The number of imidazole rings is 1. The van der Waals surface area contributed by atoms with Crippen molar-refractivity contribution >= 4 is 26.7 Å². The first kappa shape index (κ1) is 12.6.